The molecule has 1 aromatic rings. The molecule has 0 spiro atoms. The Morgan fingerprint density at radius 3 is 2.08 bits per heavy atom. The maximum Gasteiger partial charge on any atom is 0.238 e. The standard InChI is InChI=1S/C19H31N3O2/c1-5-13-22(14-6-2)15-18(23)20-17-10-7-16(8-11-17)9-12-19(24)21(3)4/h7-8,10-11H,5-6,9,12-15H2,1-4H3,(H,20,23). The fraction of sp³-hybridized carbons (Fsp3) is 0.579. The highest BCUT2D eigenvalue weighted by Gasteiger charge is 2.09. The van der Waals surface area contributed by atoms with Gasteiger partial charge in [-0.1, -0.05) is 26.0 Å². The van der Waals surface area contributed by atoms with Gasteiger partial charge in [-0.05, 0) is 50.0 Å². The Bertz CT molecular complexity index is 506. The fourth-order valence-electron chi connectivity index (χ4n) is 2.54. The minimum absolute atomic E-state index is 0.0208. The normalized spacial score (nSPS) is 10.7. The molecule has 0 saturated carbocycles. The van der Waals surface area contributed by atoms with E-state index in [1.165, 1.54) is 0 Å². The molecule has 2 amide bonds. The van der Waals surface area contributed by atoms with Gasteiger partial charge in [-0.2, -0.15) is 0 Å². The highest BCUT2D eigenvalue weighted by Crippen LogP contribution is 2.11. The molecule has 24 heavy (non-hydrogen) atoms. The predicted molar refractivity (Wildman–Crippen MR) is 99.1 cm³/mol. The van der Waals surface area contributed by atoms with Crippen LogP contribution in [0.4, 0.5) is 5.69 Å². The Kier molecular flexibility index (Phi) is 9.08. The molecule has 0 bridgehead atoms. The van der Waals surface area contributed by atoms with E-state index in [2.05, 4.69) is 24.1 Å². The van der Waals surface area contributed by atoms with Crippen molar-refractivity contribution in [2.24, 2.45) is 0 Å². The number of anilines is 1. The highest BCUT2D eigenvalue weighted by molar-refractivity contribution is 5.92. The lowest BCUT2D eigenvalue weighted by atomic mass is 10.1. The van der Waals surface area contributed by atoms with Gasteiger partial charge in [0.25, 0.3) is 0 Å². The molecule has 0 unspecified atom stereocenters. The van der Waals surface area contributed by atoms with E-state index in [9.17, 15) is 9.59 Å². The fourth-order valence-corrected chi connectivity index (χ4v) is 2.54. The van der Waals surface area contributed by atoms with E-state index in [4.69, 9.17) is 0 Å². The minimum Gasteiger partial charge on any atom is -0.349 e. The molecule has 1 N–H and O–H groups in total. The first-order valence-electron chi connectivity index (χ1n) is 8.77. The van der Waals surface area contributed by atoms with Crippen molar-refractivity contribution in [3.8, 4) is 0 Å². The summed E-state index contributed by atoms with van der Waals surface area (Å²) >= 11 is 0. The second-order valence-corrected chi connectivity index (χ2v) is 6.31. The van der Waals surface area contributed by atoms with E-state index < -0.39 is 0 Å². The van der Waals surface area contributed by atoms with Gasteiger partial charge < -0.3 is 10.2 Å². The summed E-state index contributed by atoms with van der Waals surface area (Å²) in [6.45, 7) is 6.57. The predicted octanol–water partition coefficient (Wildman–Crippen LogP) is 2.77. The van der Waals surface area contributed by atoms with Gasteiger partial charge in [0.2, 0.25) is 11.8 Å². The van der Waals surface area contributed by atoms with Crippen LogP contribution < -0.4 is 5.32 Å². The third kappa shape index (κ3) is 7.59. The zero-order chi connectivity index (χ0) is 17.9. The second-order valence-electron chi connectivity index (χ2n) is 6.31. The number of nitrogens with zero attached hydrogens (tertiary/aromatic N) is 2. The van der Waals surface area contributed by atoms with E-state index in [1.54, 1.807) is 19.0 Å². The molecule has 1 rings (SSSR count). The van der Waals surface area contributed by atoms with Gasteiger partial charge in [0.05, 0.1) is 6.54 Å². The maximum absolute atomic E-state index is 12.1. The third-order valence-corrected chi connectivity index (χ3v) is 3.81. The van der Waals surface area contributed by atoms with Gasteiger partial charge in [-0.3, -0.25) is 14.5 Å². The molecule has 0 aliphatic carbocycles. The summed E-state index contributed by atoms with van der Waals surface area (Å²) in [6, 6.07) is 7.73. The van der Waals surface area contributed by atoms with Gasteiger partial charge in [0.15, 0.2) is 0 Å². The van der Waals surface area contributed by atoms with Crippen LogP contribution in [0.25, 0.3) is 0 Å². The van der Waals surface area contributed by atoms with E-state index in [1.807, 2.05) is 24.3 Å². The third-order valence-electron chi connectivity index (χ3n) is 3.81. The largest absolute Gasteiger partial charge is 0.349 e. The molecule has 1 aromatic carbocycles. The Morgan fingerprint density at radius 2 is 1.58 bits per heavy atom. The van der Waals surface area contributed by atoms with Crippen LogP contribution in [0.3, 0.4) is 0 Å². The number of hydrogen-bond donors (Lipinski definition) is 1. The summed E-state index contributed by atoms with van der Waals surface area (Å²) in [5.41, 5.74) is 1.90. The molecule has 0 heterocycles. The average Bonchev–Trinajstić information content (AvgIpc) is 2.54. The first kappa shape index (κ1) is 20.2. The summed E-state index contributed by atoms with van der Waals surface area (Å²) in [7, 11) is 3.53. The van der Waals surface area contributed by atoms with Crippen LogP contribution in [0.15, 0.2) is 24.3 Å². The monoisotopic (exact) mass is 333 g/mol. The van der Waals surface area contributed by atoms with Gasteiger partial charge in [0.1, 0.15) is 0 Å². The number of aryl methyl sites for hydroxylation is 1. The minimum atomic E-state index is 0.0208. The summed E-state index contributed by atoms with van der Waals surface area (Å²) in [6.07, 6.45) is 3.31. The lowest BCUT2D eigenvalue weighted by Gasteiger charge is -2.20. The van der Waals surface area contributed by atoms with Crippen LogP contribution in [0.2, 0.25) is 0 Å². The van der Waals surface area contributed by atoms with Crippen molar-refractivity contribution in [1.82, 2.24) is 9.80 Å². The molecule has 0 aromatic heterocycles. The van der Waals surface area contributed by atoms with Crippen LogP contribution >= 0.6 is 0 Å². The van der Waals surface area contributed by atoms with Crippen LogP contribution in [-0.4, -0.2) is 55.3 Å². The lowest BCUT2D eigenvalue weighted by molar-refractivity contribution is -0.128. The van der Waals surface area contributed by atoms with Crippen molar-refractivity contribution in [2.75, 3.05) is 39.0 Å². The number of amides is 2. The van der Waals surface area contributed by atoms with Crippen molar-refractivity contribution in [1.29, 1.82) is 0 Å². The van der Waals surface area contributed by atoms with Crippen LogP contribution in [-0.2, 0) is 16.0 Å². The quantitative estimate of drug-likeness (QED) is 0.716. The van der Waals surface area contributed by atoms with Gasteiger partial charge in [0, 0.05) is 26.2 Å². The van der Waals surface area contributed by atoms with Crippen LogP contribution in [0.5, 0.6) is 0 Å². The molecule has 0 radical (unpaired) electrons. The number of nitrogens with one attached hydrogen (secondary N) is 1. The van der Waals surface area contributed by atoms with Crippen molar-refractivity contribution >= 4 is 17.5 Å². The lowest BCUT2D eigenvalue weighted by Crippen LogP contribution is -2.34. The molecular formula is C19H31N3O2. The molecule has 0 fully saturated rings. The molecule has 134 valence electrons. The van der Waals surface area contributed by atoms with E-state index in [0.29, 0.717) is 19.4 Å². The van der Waals surface area contributed by atoms with E-state index >= 15 is 0 Å². The number of benzene rings is 1. The van der Waals surface area contributed by atoms with Crippen molar-refractivity contribution in [3.05, 3.63) is 29.8 Å². The highest BCUT2D eigenvalue weighted by atomic mass is 16.2. The Labute approximate surface area is 146 Å². The average molecular weight is 333 g/mol. The first-order valence-corrected chi connectivity index (χ1v) is 8.77. The number of hydrogen-bond acceptors (Lipinski definition) is 3. The topological polar surface area (TPSA) is 52.7 Å². The zero-order valence-corrected chi connectivity index (χ0v) is 15.5. The molecule has 0 aliphatic rings. The van der Waals surface area contributed by atoms with Crippen molar-refractivity contribution in [3.63, 3.8) is 0 Å². The summed E-state index contributed by atoms with van der Waals surface area (Å²) in [5, 5.41) is 2.94. The van der Waals surface area contributed by atoms with Gasteiger partial charge in [-0.15, -0.1) is 0 Å². The van der Waals surface area contributed by atoms with Gasteiger partial charge in [-0.25, -0.2) is 0 Å². The molecule has 0 saturated heterocycles. The Balaban J connectivity index is 2.48. The number of rotatable bonds is 10. The summed E-state index contributed by atoms with van der Waals surface area (Å²) < 4.78 is 0. The first-order chi connectivity index (χ1) is 11.5. The second kappa shape index (κ2) is 10.8. The summed E-state index contributed by atoms with van der Waals surface area (Å²) in [5.74, 6) is 0.145. The zero-order valence-electron chi connectivity index (χ0n) is 15.5. The molecule has 0 aliphatic heterocycles. The summed E-state index contributed by atoms with van der Waals surface area (Å²) in [4.78, 5) is 27.5. The molecular weight excluding hydrogens is 302 g/mol. The molecule has 5 heteroatoms. The molecule has 0 atom stereocenters. The maximum atomic E-state index is 12.1. The Hall–Kier alpha value is -1.88. The SMILES string of the molecule is CCCN(CCC)CC(=O)Nc1ccc(CCC(=O)N(C)C)cc1. The van der Waals surface area contributed by atoms with Gasteiger partial charge >= 0.3 is 0 Å². The van der Waals surface area contributed by atoms with Crippen molar-refractivity contribution < 1.29 is 9.59 Å². The van der Waals surface area contributed by atoms with Crippen LogP contribution in [0, 0.1) is 0 Å². The van der Waals surface area contributed by atoms with E-state index in [-0.39, 0.29) is 11.8 Å². The van der Waals surface area contributed by atoms with Crippen molar-refractivity contribution in [2.45, 2.75) is 39.5 Å². The smallest absolute Gasteiger partial charge is 0.238 e. The van der Waals surface area contributed by atoms with Crippen LogP contribution in [0.1, 0.15) is 38.7 Å². The number of carbonyl (C=O) groups excluding carboxylic acids is 2. The number of carbonyl (C=O) groups is 2. The van der Waals surface area contributed by atoms with E-state index in [0.717, 1.165) is 37.2 Å². The Morgan fingerprint density at radius 1 is 1.00 bits per heavy atom. The molecule has 5 nitrogen and oxygen atoms in total.